The van der Waals surface area contributed by atoms with E-state index in [2.05, 4.69) is 29.4 Å². The monoisotopic (exact) mass is 472 g/mol. The molecule has 1 saturated heterocycles. The molecule has 1 aromatic heterocycles. The van der Waals surface area contributed by atoms with Gasteiger partial charge in [0.05, 0.1) is 11.0 Å². The molecule has 1 aliphatic heterocycles. The van der Waals surface area contributed by atoms with Crippen molar-refractivity contribution < 1.29 is 4.79 Å². The van der Waals surface area contributed by atoms with Gasteiger partial charge in [-0.1, -0.05) is 61.7 Å². The van der Waals surface area contributed by atoms with Gasteiger partial charge in [-0.2, -0.15) is 0 Å². The fraction of sp³-hybridized carbons (Fsp3) is 0.440. The Hall–Kier alpha value is -2.08. The number of carbonyl (C=O) groups excluding carboxylic acids is 1. The molecule has 5 nitrogen and oxygen atoms in total. The fourth-order valence-electron chi connectivity index (χ4n) is 4.53. The summed E-state index contributed by atoms with van der Waals surface area (Å²) in [5, 5.41) is 1.22. The van der Waals surface area contributed by atoms with Gasteiger partial charge in [-0.05, 0) is 42.8 Å². The summed E-state index contributed by atoms with van der Waals surface area (Å²) in [7, 11) is 0. The number of fused-ring (bicyclic) bond motifs is 1. The van der Waals surface area contributed by atoms with Crippen molar-refractivity contribution in [2.24, 2.45) is 0 Å². The van der Waals surface area contributed by atoms with E-state index < -0.39 is 0 Å². The summed E-state index contributed by atoms with van der Waals surface area (Å²) in [6.45, 7) is 8.74. The van der Waals surface area contributed by atoms with E-state index in [9.17, 15) is 4.79 Å². The van der Waals surface area contributed by atoms with Crippen LogP contribution in [0.3, 0.4) is 0 Å². The summed E-state index contributed by atoms with van der Waals surface area (Å²) < 4.78 is 2.15. The third kappa shape index (κ3) is 4.80. The van der Waals surface area contributed by atoms with Crippen molar-refractivity contribution in [3.05, 3.63) is 63.9 Å². The molecule has 2 heterocycles. The van der Waals surface area contributed by atoms with Crippen LogP contribution in [0.2, 0.25) is 10.0 Å². The second-order valence-electron chi connectivity index (χ2n) is 8.36. The smallest absolute Gasteiger partial charge is 0.245 e. The summed E-state index contributed by atoms with van der Waals surface area (Å²) in [6.07, 6.45) is 2.23. The molecule has 32 heavy (non-hydrogen) atoms. The molecule has 0 bridgehead atoms. The van der Waals surface area contributed by atoms with Crippen molar-refractivity contribution in [3.63, 3.8) is 0 Å². The Morgan fingerprint density at radius 1 is 1.06 bits per heavy atom. The number of hydrogen-bond donors (Lipinski definition) is 0. The molecular formula is C25H30Cl2N4O. The molecule has 0 radical (unpaired) electrons. The fourth-order valence-corrected chi connectivity index (χ4v) is 5.01. The van der Waals surface area contributed by atoms with Gasteiger partial charge < -0.3 is 14.4 Å². The molecule has 1 amide bonds. The number of amides is 1. The Morgan fingerprint density at radius 2 is 1.81 bits per heavy atom. The zero-order valence-electron chi connectivity index (χ0n) is 18.7. The van der Waals surface area contributed by atoms with Gasteiger partial charge in [0.15, 0.2) is 0 Å². The van der Waals surface area contributed by atoms with Crippen LogP contribution >= 0.6 is 23.2 Å². The lowest BCUT2D eigenvalue weighted by Gasteiger charge is -2.36. The maximum atomic E-state index is 13.8. The summed E-state index contributed by atoms with van der Waals surface area (Å²) >= 11 is 12.6. The SMILES string of the molecule is CCC[C@H](C(=O)N1CCN(CC)CC1)n1c(Cc2ccc(Cl)cc2Cl)nc2ccccc21. The summed E-state index contributed by atoms with van der Waals surface area (Å²) in [6, 6.07) is 13.3. The molecule has 1 atom stereocenters. The lowest BCUT2D eigenvalue weighted by molar-refractivity contribution is -0.136. The first kappa shape index (κ1) is 23.1. The summed E-state index contributed by atoms with van der Waals surface area (Å²) in [5.41, 5.74) is 2.84. The third-order valence-electron chi connectivity index (χ3n) is 6.32. The number of hydrogen-bond acceptors (Lipinski definition) is 3. The van der Waals surface area contributed by atoms with Crippen molar-refractivity contribution in [2.45, 2.75) is 39.2 Å². The van der Waals surface area contributed by atoms with E-state index in [1.165, 1.54) is 0 Å². The standard InChI is InChI=1S/C25H30Cl2N4O/c1-3-7-23(25(32)30-14-12-29(4-2)13-15-30)31-22-9-6-5-8-21(22)28-24(31)16-18-10-11-19(26)17-20(18)27/h5-6,8-11,17,23H,3-4,7,12-16H2,1-2H3/t23-/m1/s1. The highest BCUT2D eigenvalue weighted by Crippen LogP contribution is 2.30. The predicted molar refractivity (Wildman–Crippen MR) is 132 cm³/mol. The van der Waals surface area contributed by atoms with Crippen molar-refractivity contribution >= 4 is 40.1 Å². The zero-order chi connectivity index (χ0) is 22.7. The van der Waals surface area contributed by atoms with Crippen molar-refractivity contribution in [2.75, 3.05) is 32.7 Å². The van der Waals surface area contributed by atoms with Gasteiger partial charge in [-0.3, -0.25) is 4.79 Å². The van der Waals surface area contributed by atoms with Gasteiger partial charge in [0, 0.05) is 42.6 Å². The number of likely N-dealkylation sites (N-methyl/N-ethyl adjacent to an activating group) is 1. The lowest BCUT2D eigenvalue weighted by atomic mass is 10.1. The lowest BCUT2D eigenvalue weighted by Crippen LogP contribution is -2.50. The van der Waals surface area contributed by atoms with E-state index in [4.69, 9.17) is 28.2 Å². The minimum atomic E-state index is -0.276. The van der Waals surface area contributed by atoms with Crippen molar-refractivity contribution in [1.29, 1.82) is 0 Å². The van der Waals surface area contributed by atoms with E-state index in [1.807, 2.05) is 35.2 Å². The first-order chi connectivity index (χ1) is 15.5. The minimum Gasteiger partial charge on any atom is -0.338 e. The Balaban J connectivity index is 1.72. The van der Waals surface area contributed by atoms with E-state index >= 15 is 0 Å². The second-order valence-corrected chi connectivity index (χ2v) is 9.21. The quantitative estimate of drug-likeness (QED) is 0.459. The van der Waals surface area contributed by atoms with Crippen LogP contribution in [0.4, 0.5) is 0 Å². The van der Waals surface area contributed by atoms with Gasteiger partial charge >= 0.3 is 0 Å². The van der Waals surface area contributed by atoms with Crippen LogP contribution in [0.1, 0.15) is 44.1 Å². The predicted octanol–water partition coefficient (Wildman–Crippen LogP) is 5.44. The number of rotatable bonds is 7. The van der Waals surface area contributed by atoms with E-state index in [0.29, 0.717) is 16.5 Å². The largest absolute Gasteiger partial charge is 0.338 e. The van der Waals surface area contributed by atoms with Crippen LogP contribution in [0.15, 0.2) is 42.5 Å². The van der Waals surface area contributed by atoms with Gasteiger partial charge in [-0.25, -0.2) is 4.98 Å². The number of piperazine rings is 1. The van der Waals surface area contributed by atoms with Crippen LogP contribution in [0.5, 0.6) is 0 Å². The molecule has 0 aliphatic carbocycles. The number of benzene rings is 2. The molecule has 3 aromatic rings. The molecule has 7 heteroatoms. The van der Waals surface area contributed by atoms with E-state index in [-0.39, 0.29) is 11.9 Å². The maximum Gasteiger partial charge on any atom is 0.245 e. The first-order valence-electron chi connectivity index (χ1n) is 11.4. The molecule has 1 fully saturated rings. The molecular weight excluding hydrogens is 443 g/mol. The molecule has 0 saturated carbocycles. The van der Waals surface area contributed by atoms with Crippen LogP contribution in [-0.4, -0.2) is 58.0 Å². The Labute approximate surface area is 199 Å². The van der Waals surface area contributed by atoms with Crippen molar-refractivity contribution in [1.82, 2.24) is 19.4 Å². The highest BCUT2D eigenvalue weighted by molar-refractivity contribution is 6.35. The minimum absolute atomic E-state index is 0.189. The highest BCUT2D eigenvalue weighted by atomic mass is 35.5. The Bertz CT molecular complexity index is 1090. The third-order valence-corrected chi connectivity index (χ3v) is 6.91. The topological polar surface area (TPSA) is 41.4 Å². The number of imidazole rings is 1. The Morgan fingerprint density at radius 3 is 2.50 bits per heavy atom. The average Bonchev–Trinajstić information content (AvgIpc) is 3.16. The normalized spacial score (nSPS) is 15.9. The number of para-hydroxylation sites is 2. The highest BCUT2D eigenvalue weighted by Gasteiger charge is 2.30. The number of carbonyl (C=O) groups is 1. The van der Waals surface area contributed by atoms with Crippen LogP contribution in [0, 0.1) is 0 Å². The van der Waals surface area contributed by atoms with E-state index in [0.717, 1.165) is 68.0 Å². The number of halogens is 2. The zero-order valence-corrected chi connectivity index (χ0v) is 20.2. The number of nitrogens with zero attached hydrogens (tertiary/aromatic N) is 4. The number of aromatic nitrogens is 2. The maximum absolute atomic E-state index is 13.8. The summed E-state index contributed by atoms with van der Waals surface area (Å²) in [4.78, 5) is 23.1. The average molecular weight is 473 g/mol. The van der Waals surface area contributed by atoms with Gasteiger partial charge in [0.1, 0.15) is 11.9 Å². The molecule has 1 aliphatic rings. The molecule has 170 valence electrons. The molecule has 0 spiro atoms. The van der Waals surface area contributed by atoms with Crippen LogP contribution < -0.4 is 0 Å². The first-order valence-corrected chi connectivity index (χ1v) is 12.2. The molecule has 0 unspecified atom stereocenters. The van der Waals surface area contributed by atoms with Gasteiger partial charge in [-0.15, -0.1) is 0 Å². The van der Waals surface area contributed by atoms with Crippen LogP contribution in [0.25, 0.3) is 11.0 Å². The molecule has 2 aromatic carbocycles. The van der Waals surface area contributed by atoms with Gasteiger partial charge in [0.2, 0.25) is 5.91 Å². The summed E-state index contributed by atoms with van der Waals surface area (Å²) in [5.74, 6) is 1.05. The Kier molecular flexibility index (Phi) is 7.39. The molecule has 4 rings (SSSR count). The van der Waals surface area contributed by atoms with Gasteiger partial charge in [0.25, 0.3) is 0 Å². The van der Waals surface area contributed by atoms with E-state index in [1.54, 1.807) is 6.07 Å². The van der Waals surface area contributed by atoms with Crippen LogP contribution in [-0.2, 0) is 11.2 Å². The van der Waals surface area contributed by atoms with Crippen molar-refractivity contribution in [3.8, 4) is 0 Å². The molecule has 0 N–H and O–H groups in total. The second kappa shape index (κ2) is 10.2.